The van der Waals surface area contributed by atoms with Crippen molar-refractivity contribution in [2.45, 2.75) is 24.5 Å². The molecule has 0 aromatic heterocycles. The van der Waals surface area contributed by atoms with E-state index in [-0.39, 0.29) is 207 Å². The molecule has 0 fully saturated rings. The van der Waals surface area contributed by atoms with E-state index in [1.807, 2.05) is 0 Å². The number of hydrogen-bond acceptors (Lipinski definition) is 28. The van der Waals surface area contributed by atoms with Crippen molar-refractivity contribution < 1.29 is 210 Å². The predicted octanol–water partition coefficient (Wildman–Crippen LogP) is 5.21. The molecule has 1 amide bonds. The molecule has 55 heteroatoms. The molecule has 112 heavy (non-hydrogen) atoms. The maximum absolute atomic E-state index is 11.8. The van der Waals surface area contributed by atoms with Crippen molar-refractivity contribution in [1.82, 2.24) is 0 Å². The number of esters is 1. The number of phenols is 1. The fourth-order valence-corrected chi connectivity index (χ4v) is 13.2. The van der Waals surface area contributed by atoms with Crippen molar-refractivity contribution in [1.29, 1.82) is 0 Å². The summed E-state index contributed by atoms with van der Waals surface area (Å²) in [5.74, 6) is -2.31. The van der Waals surface area contributed by atoms with E-state index >= 15 is 0 Å². The van der Waals surface area contributed by atoms with E-state index in [0.29, 0.717) is 32.2 Å². The molecule has 0 spiro atoms. The third kappa shape index (κ3) is 39.9. The number of benzene rings is 8. The second-order valence-corrected chi connectivity index (χ2v) is 33.0. The number of nitrogens with two attached hydrogens (primary N) is 5. The Morgan fingerprint density at radius 2 is 0.973 bits per heavy atom. The number of carbonyl (C=O) groups excluding carboxylic acids is 4. The number of aromatic carboxylic acids is 1. The van der Waals surface area contributed by atoms with Crippen LogP contribution >= 0.6 is 144 Å². The fourth-order valence-electron chi connectivity index (χ4n) is 6.94. The summed E-state index contributed by atoms with van der Waals surface area (Å²) in [6.45, 7) is -0.181. The summed E-state index contributed by atoms with van der Waals surface area (Å²) >= 11 is 45.1. The minimum absolute atomic E-state index is 0. The molecular weight excluding hydrogens is 2060 g/mol. The smallest absolute Gasteiger partial charge is 1.00 e. The number of fused-ring (bicyclic) bond motifs is 1. The van der Waals surface area contributed by atoms with Crippen LogP contribution in [0, 0.1) is 30.3 Å². The number of hydrogen-bond donors (Lipinski definition) is 9. The van der Waals surface area contributed by atoms with E-state index in [2.05, 4.69) is 83.6 Å². The van der Waals surface area contributed by atoms with Gasteiger partial charge < -0.3 is 48.6 Å². The predicted molar refractivity (Wildman–Crippen MR) is 422 cm³/mol. The number of nitro benzene ring substituents is 3. The normalized spacial score (nSPS) is 11.2. The number of carboxylic acid groups (broad SMARTS) is 1. The van der Waals surface area contributed by atoms with E-state index in [0.717, 1.165) is 24.3 Å². The van der Waals surface area contributed by atoms with E-state index in [9.17, 15) is 96.7 Å². The topological polar surface area (TPSA) is 634 Å². The Balaban J connectivity index is -0.00000123. The Kier molecular flexibility index (Phi) is 50.8. The first kappa shape index (κ1) is 109. The number of sulfonamides is 4. The fraction of sp³-hybridized carbons (Fsp3) is 0.0526. The molecule has 596 valence electrons. The zero-order chi connectivity index (χ0) is 84.6. The summed E-state index contributed by atoms with van der Waals surface area (Å²) in [6, 6.07) is 34.7. The van der Waals surface area contributed by atoms with Crippen LogP contribution in [0.15, 0.2) is 187 Å². The third-order valence-corrected chi connectivity index (χ3v) is 20.9. The summed E-state index contributed by atoms with van der Waals surface area (Å²) < 4.78 is 120. The first-order valence-electron chi connectivity index (χ1n) is 27.4. The summed E-state index contributed by atoms with van der Waals surface area (Å²) in [7, 11) is -14.6. The van der Waals surface area contributed by atoms with Crippen molar-refractivity contribution in [2.75, 3.05) is 38.1 Å². The Labute approximate surface area is 789 Å². The van der Waals surface area contributed by atoms with Crippen LogP contribution in [0.4, 0.5) is 39.8 Å². The number of carboxylic acids is 1. The first-order valence-corrected chi connectivity index (χ1v) is 42.2. The van der Waals surface area contributed by atoms with Gasteiger partial charge in [0.1, 0.15) is 48.8 Å². The SMILES string of the molecule is NS(=O)(=O)c1cc(Cl)ccc1NC(=O)CBr.NS(=O)(=O)c1cc(Cl)ccc1[N+](=O)[O-].Nc1cc(Cl)ccc1[N+](=O)[O-].Nc1ccc(Cl)cc1S(N)(=O)=O.O=C(Br)CBr.O=C(Oc1ccccc1C(=O)O)c1ccccc1O.O=CO[O-].O=S1(=O)N=C(CBr)Nc2ccc(Cl)cc21.O=[N+]([O-])c1ccc(Cl)cc1S(=O)(=O)Cl.[H-].[K+].[K+]. The zero-order valence-corrected chi connectivity index (χ0v) is 77.7. The molecule has 0 saturated heterocycles. The Hall–Kier alpha value is -4.81. The van der Waals surface area contributed by atoms with Gasteiger partial charge in [-0.15, -0.1) is 4.40 Å². The molecular formula is C57H48Br4Cl7K2N11O26S5. The van der Waals surface area contributed by atoms with Gasteiger partial charge in [0.25, 0.3) is 42.6 Å². The van der Waals surface area contributed by atoms with Crippen LogP contribution in [0.3, 0.4) is 0 Å². The Morgan fingerprint density at radius 3 is 1.38 bits per heavy atom. The molecule has 8 aromatic carbocycles. The van der Waals surface area contributed by atoms with Crippen LogP contribution < -0.4 is 150 Å². The number of amides is 1. The number of primary sulfonamides is 3. The monoisotopic (exact) mass is 2100 g/mol. The second kappa shape index (κ2) is 52.1. The Morgan fingerprint density at radius 1 is 0.580 bits per heavy atom. The van der Waals surface area contributed by atoms with Gasteiger partial charge in [0, 0.05) is 59.0 Å². The van der Waals surface area contributed by atoms with Crippen LogP contribution in [0.25, 0.3) is 0 Å². The van der Waals surface area contributed by atoms with Gasteiger partial charge in [0.2, 0.25) is 40.7 Å². The van der Waals surface area contributed by atoms with E-state index in [1.54, 1.807) is 30.3 Å². The van der Waals surface area contributed by atoms with Gasteiger partial charge in [0.15, 0.2) is 9.79 Å². The molecule has 0 bridgehead atoms. The Bertz CT molecular complexity index is 5300. The summed E-state index contributed by atoms with van der Waals surface area (Å²) in [6.07, 6.45) is 0. The average molecular weight is 2110 g/mol. The van der Waals surface area contributed by atoms with E-state index < -0.39 is 97.0 Å². The number of anilines is 4. The number of nitrogens with zero attached hydrogens (tertiary/aromatic N) is 4. The molecule has 9 rings (SSSR count). The minimum Gasteiger partial charge on any atom is -1.00 e. The van der Waals surface area contributed by atoms with Crippen LogP contribution in [0.2, 0.25) is 30.1 Å². The number of nitrogen functional groups attached to an aromatic ring is 2. The summed E-state index contributed by atoms with van der Waals surface area (Å²) in [5, 5.41) is 80.1. The molecule has 1 heterocycles. The van der Waals surface area contributed by atoms with Crippen LogP contribution in [0.5, 0.6) is 11.5 Å². The summed E-state index contributed by atoms with van der Waals surface area (Å²) in [5.41, 5.74) is 10.0. The van der Waals surface area contributed by atoms with Gasteiger partial charge in [-0.2, -0.15) is 8.42 Å². The van der Waals surface area contributed by atoms with Crippen LogP contribution in [0.1, 0.15) is 22.1 Å². The van der Waals surface area contributed by atoms with Crippen molar-refractivity contribution in [3.05, 3.63) is 229 Å². The number of halogens is 11. The van der Waals surface area contributed by atoms with Gasteiger partial charge in [-0.1, -0.05) is 142 Å². The van der Waals surface area contributed by atoms with Gasteiger partial charge in [-0.25, -0.2) is 58.7 Å². The number of rotatable bonds is 15. The maximum Gasteiger partial charge on any atom is 1.00 e. The third-order valence-electron chi connectivity index (χ3n) is 11.4. The van der Waals surface area contributed by atoms with Gasteiger partial charge >= 0.3 is 115 Å². The van der Waals surface area contributed by atoms with E-state index in [4.69, 9.17) is 127 Å². The molecule has 1 aliphatic heterocycles. The molecule has 0 atom stereocenters. The number of alkyl halides is 3. The molecule has 37 nitrogen and oxygen atoms in total. The average Bonchev–Trinajstić information content (AvgIpc) is 0.786. The van der Waals surface area contributed by atoms with Gasteiger partial charge in [0.05, 0.1) is 47.8 Å². The quantitative estimate of drug-likeness (QED) is 0.00608. The molecule has 1 aliphatic rings. The van der Waals surface area contributed by atoms with Crippen molar-refractivity contribution in [2.24, 2.45) is 19.8 Å². The number of carbonyl (C=O) groups is 5. The number of phenolic OH excluding ortho intramolecular Hbond substituents is 1. The van der Waals surface area contributed by atoms with Crippen LogP contribution in [-0.4, -0.2) is 118 Å². The van der Waals surface area contributed by atoms with Crippen LogP contribution in [-0.2, 0) is 68.4 Å². The molecule has 0 saturated carbocycles. The summed E-state index contributed by atoms with van der Waals surface area (Å²) in [4.78, 5) is 82.2. The minimum atomic E-state index is -4.15. The molecule has 8 aromatic rings. The standard InChI is InChI=1S/C14H10O5.C8H8BrClN2O3S.C8H6BrClN2O2S.C6H3Cl2NO4S.C6H5ClN2O4S.C6H7ClN2O2S.C6H5ClN2O2.C2H2Br2O.CH2O3.2K.H/c15-11-7-3-1-5-9(11)14(18)19-12-8-4-2-6-10(12)13(16)17;9-4-8(13)12-6-2-1-5(10)3-7(6)16(11,14)15;9-4-8-11-6-2-1-5(10)3-7(6)15(13,14)12-8;2*7-4-1-2-5(9(10)11)6(3-4)14(8,12)13;7-4-1-2-5(8)6(3-4)12(9,10)11;7-4-1-2-6(9(10)11)5(8)3-4;3-1-2(4)5;2-1-4-3;;;/h1-8,15H,(H,16,17);1-3H,4H2,(H,12,13)(H2,11,14,15);1-3H,4H2,(H,11,12);1-3H;1-3H,(H2,8,12,13);1-3H,8H2,(H2,9,10,11);1-3H,8H2;1H2;1,3H;;;/q;;;;;;;;;2*+1;-1/p-1. The van der Waals surface area contributed by atoms with Crippen molar-refractivity contribution in [3.8, 4) is 11.5 Å². The largest absolute Gasteiger partial charge is 1.00 e. The molecule has 14 N–H and O–H groups in total. The molecule has 0 radical (unpaired) electrons. The number of nitro groups is 3. The van der Waals surface area contributed by atoms with E-state index in [1.165, 1.54) is 103 Å². The van der Waals surface area contributed by atoms with Crippen molar-refractivity contribution >= 4 is 268 Å². The molecule has 0 aliphatic carbocycles. The maximum atomic E-state index is 11.8. The number of amidine groups is 1. The first-order chi connectivity index (χ1) is 50.8. The number of nitrogens with one attached hydrogen (secondary N) is 2. The van der Waals surface area contributed by atoms with Gasteiger partial charge in [-0.05, 0) is 131 Å². The molecule has 0 unspecified atom stereocenters. The number of para-hydroxylation sites is 2. The number of ether oxygens (including phenoxy) is 1. The van der Waals surface area contributed by atoms with Gasteiger partial charge in [-0.3, -0.25) is 44.7 Å². The van der Waals surface area contributed by atoms with Crippen molar-refractivity contribution in [3.63, 3.8) is 0 Å². The zero-order valence-electron chi connectivity index (χ0n) is 56.8. The second-order valence-electron chi connectivity index (χ2n) is 19.1. The number of aromatic hydroxyl groups is 1.